The molecular formula is C19H14F3N5O3S. The predicted octanol–water partition coefficient (Wildman–Crippen LogP) is 2.82. The molecule has 0 saturated carbocycles. The Morgan fingerprint density at radius 2 is 2.00 bits per heavy atom. The third-order valence-corrected chi connectivity index (χ3v) is 5.44. The van der Waals surface area contributed by atoms with Crippen molar-refractivity contribution in [1.29, 1.82) is 0 Å². The van der Waals surface area contributed by atoms with Gasteiger partial charge in [-0.1, -0.05) is 4.68 Å². The van der Waals surface area contributed by atoms with E-state index in [0.717, 1.165) is 17.4 Å². The van der Waals surface area contributed by atoms with Gasteiger partial charge in [0.1, 0.15) is 10.6 Å². The maximum Gasteiger partial charge on any atom is 0.417 e. The highest BCUT2D eigenvalue weighted by atomic mass is 32.1. The predicted molar refractivity (Wildman–Crippen MR) is 105 cm³/mol. The van der Waals surface area contributed by atoms with Crippen LogP contribution in [-0.4, -0.2) is 23.3 Å². The van der Waals surface area contributed by atoms with E-state index in [9.17, 15) is 18.3 Å². The summed E-state index contributed by atoms with van der Waals surface area (Å²) in [6.45, 7) is 0. The lowest BCUT2D eigenvalue weighted by molar-refractivity contribution is -0.739. The zero-order chi connectivity index (χ0) is 22.3. The van der Waals surface area contributed by atoms with Crippen LogP contribution in [0.15, 0.2) is 46.0 Å². The Morgan fingerprint density at radius 3 is 2.58 bits per heavy atom. The molecule has 31 heavy (non-hydrogen) atoms. The van der Waals surface area contributed by atoms with Gasteiger partial charge in [0.25, 0.3) is 6.20 Å². The molecule has 0 amide bonds. The molecule has 0 aliphatic carbocycles. The number of halogens is 3. The van der Waals surface area contributed by atoms with Crippen LogP contribution in [0.5, 0.6) is 5.75 Å². The highest BCUT2D eigenvalue weighted by molar-refractivity contribution is 7.21. The first-order valence-corrected chi connectivity index (χ1v) is 9.52. The van der Waals surface area contributed by atoms with Gasteiger partial charge in [0.15, 0.2) is 12.3 Å². The first kappa shape index (κ1) is 20.6. The number of hydrogen-bond donors (Lipinski definition) is 1. The Balaban J connectivity index is 1.90. The van der Waals surface area contributed by atoms with Crippen LogP contribution >= 0.6 is 11.3 Å². The van der Waals surface area contributed by atoms with E-state index >= 15 is 0 Å². The van der Waals surface area contributed by atoms with E-state index < -0.39 is 17.6 Å². The zero-order valence-corrected chi connectivity index (χ0v) is 16.9. The molecule has 4 aromatic rings. The van der Waals surface area contributed by atoms with Crippen LogP contribution in [0.2, 0.25) is 0 Å². The third-order valence-electron chi connectivity index (χ3n) is 4.36. The van der Waals surface area contributed by atoms with Crippen molar-refractivity contribution in [3.63, 3.8) is 0 Å². The quantitative estimate of drug-likeness (QED) is 0.291. The molecule has 0 bridgehead atoms. The van der Waals surface area contributed by atoms with Crippen molar-refractivity contribution >= 4 is 39.0 Å². The number of anilines is 1. The average molecular weight is 449 g/mol. The van der Waals surface area contributed by atoms with Crippen LogP contribution < -0.4 is 20.3 Å². The van der Waals surface area contributed by atoms with Gasteiger partial charge in [0.05, 0.1) is 28.9 Å². The van der Waals surface area contributed by atoms with Crippen LogP contribution in [0.1, 0.15) is 10.4 Å². The molecule has 4 rings (SSSR count). The summed E-state index contributed by atoms with van der Waals surface area (Å²) in [6.07, 6.45) is -3.38. The van der Waals surface area contributed by atoms with Gasteiger partial charge < -0.3 is 15.6 Å². The molecule has 0 radical (unpaired) electrons. The van der Waals surface area contributed by atoms with Crippen LogP contribution in [0.25, 0.3) is 21.5 Å². The molecule has 0 saturated heterocycles. The van der Waals surface area contributed by atoms with Gasteiger partial charge in [0.2, 0.25) is 0 Å². The third kappa shape index (κ3) is 3.89. The van der Waals surface area contributed by atoms with Gasteiger partial charge in [-0.3, -0.25) is 4.52 Å². The monoisotopic (exact) mass is 449 g/mol. The number of aryl methyl sites for hydroxylation is 1. The van der Waals surface area contributed by atoms with Crippen molar-refractivity contribution < 1.29 is 32.2 Å². The van der Waals surface area contributed by atoms with Crippen LogP contribution in [-0.2, 0) is 13.2 Å². The number of nitrogens with zero attached hydrogens (tertiary/aromatic N) is 4. The number of thiophene rings is 1. The number of ether oxygens (including phenoxy) is 1. The van der Waals surface area contributed by atoms with Crippen LogP contribution in [0.4, 0.5) is 24.7 Å². The van der Waals surface area contributed by atoms with E-state index in [-0.39, 0.29) is 32.4 Å². The lowest BCUT2D eigenvalue weighted by Crippen LogP contribution is -2.27. The molecule has 3 aromatic heterocycles. The lowest BCUT2D eigenvalue weighted by Gasteiger charge is -2.12. The van der Waals surface area contributed by atoms with Crippen molar-refractivity contribution in [2.45, 2.75) is 6.18 Å². The summed E-state index contributed by atoms with van der Waals surface area (Å²) in [4.78, 5) is 7.83. The SMILES string of the molecule is COc1ccc(-c2cc(C(F)(F)F)c3c(N)c(/C([O-])=N/c4c[n+](C)no4)sc3n2)cc1. The van der Waals surface area contributed by atoms with Crippen molar-refractivity contribution in [1.82, 2.24) is 10.3 Å². The molecule has 1 aromatic carbocycles. The van der Waals surface area contributed by atoms with Gasteiger partial charge >= 0.3 is 12.1 Å². The van der Waals surface area contributed by atoms with E-state index in [1.54, 1.807) is 31.3 Å². The number of nitrogens with two attached hydrogens (primary N) is 1. The number of hydrogen-bond acceptors (Lipinski definition) is 8. The summed E-state index contributed by atoms with van der Waals surface area (Å²) in [7, 11) is 3.04. The first-order chi connectivity index (χ1) is 14.7. The Bertz CT molecular complexity index is 1300. The molecule has 0 fully saturated rings. The molecule has 8 nitrogen and oxygen atoms in total. The van der Waals surface area contributed by atoms with Gasteiger partial charge in [-0.2, -0.15) is 13.2 Å². The highest BCUT2D eigenvalue weighted by Gasteiger charge is 2.35. The number of fused-ring (bicyclic) bond motifs is 1. The summed E-state index contributed by atoms with van der Waals surface area (Å²) < 4.78 is 52.7. The van der Waals surface area contributed by atoms with E-state index in [0.29, 0.717) is 11.3 Å². The number of aliphatic imine (C=N–C) groups is 1. The zero-order valence-electron chi connectivity index (χ0n) is 16.1. The van der Waals surface area contributed by atoms with Crippen LogP contribution in [0.3, 0.4) is 0 Å². The minimum Gasteiger partial charge on any atom is -0.857 e. The van der Waals surface area contributed by atoms with Crippen molar-refractivity contribution in [2.75, 3.05) is 12.8 Å². The summed E-state index contributed by atoms with van der Waals surface area (Å²) >= 11 is 0.732. The lowest BCUT2D eigenvalue weighted by atomic mass is 10.1. The van der Waals surface area contributed by atoms with Gasteiger partial charge in [-0.15, -0.1) is 11.3 Å². The number of alkyl halides is 3. The molecule has 0 atom stereocenters. The fourth-order valence-corrected chi connectivity index (χ4v) is 3.93. The van der Waals surface area contributed by atoms with E-state index in [2.05, 4.69) is 15.2 Å². The molecule has 160 valence electrons. The fraction of sp³-hybridized carbons (Fsp3) is 0.158. The summed E-state index contributed by atoms with van der Waals surface area (Å²) in [5.74, 6) is -0.403. The first-order valence-electron chi connectivity index (χ1n) is 8.70. The summed E-state index contributed by atoms with van der Waals surface area (Å²) in [5, 5.41) is 15.7. The van der Waals surface area contributed by atoms with Crippen LogP contribution in [0, 0.1) is 0 Å². The minimum absolute atomic E-state index is 0.0279. The van der Waals surface area contributed by atoms with Gasteiger partial charge in [-0.25, -0.2) is 9.98 Å². The number of nitrogen functional groups attached to an aromatic ring is 1. The Kier molecular flexibility index (Phi) is 5.01. The second kappa shape index (κ2) is 7.54. The number of methoxy groups -OCH3 is 1. The molecular weight excluding hydrogens is 435 g/mol. The molecule has 3 heterocycles. The topological polar surface area (TPSA) is 113 Å². The Morgan fingerprint density at radius 1 is 1.29 bits per heavy atom. The number of aromatic nitrogens is 3. The molecule has 12 heteroatoms. The van der Waals surface area contributed by atoms with Gasteiger partial charge in [0, 0.05) is 16.8 Å². The number of benzene rings is 1. The van der Waals surface area contributed by atoms with E-state index in [1.165, 1.54) is 18.0 Å². The smallest absolute Gasteiger partial charge is 0.417 e. The molecule has 0 aliphatic heterocycles. The molecule has 2 N–H and O–H groups in total. The van der Waals surface area contributed by atoms with E-state index in [4.69, 9.17) is 15.0 Å². The maximum atomic E-state index is 13.8. The minimum atomic E-state index is -4.71. The molecule has 0 aliphatic rings. The normalized spacial score (nSPS) is 12.5. The Hall–Kier alpha value is -3.67. The second-order valence-electron chi connectivity index (χ2n) is 6.44. The molecule has 0 spiro atoms. The van der Waals surface area contributed by atoms with Crippen molar-refractivity contribution in [2.24, 2.45) is 12.0 Å². The standard InChI is InChI=1S/C19H14F3N5O3S/c1-27-8-13(30-26-27)25-17(28)16-15(23)14-11(19(20,21)22)7-12(24-18(14)31-16)9-3-5-10(29-2)6-4-9/h3-8H,1-2H3,(H2-,23,25,26,28). The fourth-order valence-electron chi connectivity index (χ4n) is 2.93. The van der Waals surface area contributed by atoms with Crippen molar-refractivity contribution in [3.05, 3.63) is 47.0 Å². The largest absolute Gasteiger partial charge is 0.857 e. The molecule has 0 unspecified atom stereocenters. The number of pyridine rings is 1. The summed E-state index contributed by atoms with van der Waals surface area (Å²) in [5.41, 5.74) is 5.16. The second-order valence-corrected chi connectivity index (χ2v) is 7.44. The van der Waals surface area contributed by atoms with Crippen molar-refractivity contribution in [3.8, 4) is 17.0 Å². The summed E-state index contributed by atoms with van der Waals surface area (Å²) in [6, 6.07) is 7.32. The average Bonchev–Trinajstić information content (AvgIpc) is 3.29. The Labute approximate surface area is 177 Å². The maximum absolute atomic E-state index is 13.8. The number of rotatable bonds is 4. The highest BCUT2D eigenvalue weighted by Crippen LogP contribution is 2.43. The van der Waals surface area contributed by atoms with E-state index in [1.807, 2.05) is 0 Å². The van der Waals surface area contributed by atoms with Gasteiger partial charge in [-0.05, 0) is 30.3 Å².